The van der Waals surface area contributed by atoms with Crippen molar-refractivity contribution in [2.45, 2.75) is 13.8 Å². The SMILES string of the molecule is CC(=O)On1c(=O)nc(C)c2ccccc21. The molecule has 0 spiro atoms. The van der Waals surface area contributed by atoms with E-state index >= 15 is 0 Å². The lowest BCUT2D eigenvalue weighted by Gasteiger charge is -2.08. The Morgan fingerprint density at radius 3 is 2.75 bits per heavy atom. The smallest absolute Gasteiger partial charge is 0.332 e. The van der Waals surface area contributed by atoms with Gasteiger partial charge in [-0.3, -0.25) is 0 Å². The number of hydrogen-bond donors (Lipinski definition) is 0. The number of rotatable bonds is 1. The Kier molecular flexibility index (Phi) is 2.44. The fraction of sp³-hybridized carbons (Fsp3) is 0.182. The minimum absolute atomic E-state index is 0.537. The van der Waals surface area contributed by atoms with E-state index in [0.29, 0.717) is 11.2 Å². The Morgan fingerprint density at radius 2 is 2.06 bits per heavy atom. The number of carbonyl (C=O) groups is 1. The zero-order valence-corrected chi connectivity index (χ0v) is 8.93. The first-order chi connectivity index (χ1) is 7.59. The Balaban J connectivity index is 2.81. The van der Waals surface area contributed by atoms with Crippen molar-refractivity contribution in [3.8, 4) is 0 Å². The van der Waals surface area contributed by atoms with Crippen molar-refractivity contribution < 1.29 is 9.63 Å². The summed E-state index contributed by atoms with van der Waals surface area (Å²) in [6.07, 6.45) is 0. The highest BCUT2D eigenvalue weighted by atomic mass is 16.7. The van der Waals surface area contributed by atoms with Crippen LogP contribution in [0.1, 0.15) is 12.6 Å². The summed E-state index contributed by atoms with van der Waals surface area (Å²) < 4.78 is 0.907. The first-order valence-corrected chi connectivity index (χ1v) is 4.77. The highest BCUT2D eigenvalue weighted by Gasteiger charge is 2.09. The second-order valence-electron chi connectivity index (χ2n) is 3.37. The van der Waals surface area contributed by atoms with Gasteiger partial charge in [-0.15, -0.1) is 4.73 Å². The van der Waals surface area contributed by atoms with Gasteiger partial charge >= 0.3 is 11.7 Å². The minimum Gasteiger partial charge on any atom is -0.332 e. The second kappa shape index (κ2) is 3.77. The lowest BCUT2D eigenvalue weighted by molar-refractivity contribution is -0.141. The van der Waals surface area contributed by atoms with Gasteiger partial charge in [0.1, 0.15) is 0 Å². The second-order valence-corrected chi connectivity index (χ2v) is 3.37. The Labute approximate surface area is 91.2 Å². The molecule has 0 bridgehead atoms. The highest BCUT2D eigenvalue weighted by molar-refractivity contribution is 5.81. The summed E-state index contributed by atoms with van der Waals surface area (Å²) >= 11 is 0. The molecule has 0 saturated heterocycles. The molecule has 1 aromatic heterocycles. The van der Waals surface area contributed by atoms with Crippen LogP contribution in [-0.2, 0) is 4.79 Å². The van der Waals surface area contributed by atoms with Gasteiger partial charge in [0.15, 0.2) is 0 Å². The van der Waals surface area contributed by atoms with Crippen LogP contribution in [0.3, 0.4) is 0 Å². The molecule has 0 aliphatic heterocycles. The number of aromatic nitrogens is 2. The quantitative estimate of drug-likeness (QED) is 0.706. The molecule has 2 rings (SSSR count). The third kappa shape index (κ3) is 1.67. The maximum atomic E-state index is 11.6. The standard InChI is InChI=1S/C11H10N2O3/c1-7-9-5-3-4-6-10(9)13(11(15)12-7)16-8(2)14/h3-6H,1-2H3. The van der Waals surface area contributed by atoms with Crippen LogP contribution in [-0.4, -0.2) is 15.7 Å². The van der Waals surface area contributed by atoms with Crippen molar-refractivity contribution in [2.24, 2.45) is 0 Å². The average Bonchev–Trinajstić information content (AvgIpc) is 2.24. The van der Waals surface area contributed by atoms with E-state index in [9.17, 15) is 9.59 Å². The summed E-state index contributed by atoms with van der Waals surface area (Å²) in [6, 6.07) is 7.12. The van der Waals surface area contributed by atoms with E-state index in [1.54, 1.807) is 19.1 Å². The van der Waals surface area contributed by atoms with Gasteiger partial charge < -0.3 is 4.84 Å². The molecule has 0 unspecified atom stereocenters. The van der Waals surface area contributed by atoms with Crippen molar-refractivity contribution in [3.05, 3.63) is 40.4 Å². The molecule has 16 heavy (non-hydrogen) atoms. The van der Waals surface area contributed by atoms with Crippen molar-refractivity contribution in [1.82, 2.24) is 9.71 Å². The van der Waals surface area contributed by atoms with E-state index in [2.05, 4.69) is 4.98 Å². The molecule has 0 saturated carbocycles. The molecule has 2 aromatic rings. The predicted octanol–water partition coefficient (Wildman–Crippen LogP) is 0.680. The van der Waals surface area contributed by atoms with Crippen LogP contribution in [0.25, 0.3) is 10.9 Å². The van der Waals surface area contributed by atoms with Crippen LogP contribution in [0.4, 0.5) is 0 Å². The molecule has 0 aliphatic carbocycles. The molecule has 0 N–H and O–H groups in total. The molecule has 82 valence electrons. The van der Waals surface area contributed by atoms with Gasteiger partial charge in [0, 0.05) is 12.3 Å². The number of nitrogens with zero attached hydrogens (tertiary/aromatic N) is 2. The predicted molar refractivity (Wildman–Crippen MR) is 58.0 cm³/mol. The number of para-hydroxylation sites is 1. The van der Waals surface area contributed by atoms with Crippen LogP contribution in [0.5, 0.6) is 0 Å². The Hall–Kier alpha value is -2.17. The zero-order valence-electron chi connectivity index (χ0n) is 8.93. The monoisotopic (exact) mass is 218 g/mol. The summed E-state index contributed by atoms with van der Waals surface area (Å²) in [5.41, 5.74) is 0.561. The molecule has 1 heterocycles. The number of benzene rings is 1. The normalized spacial score (nSPS) is 10.4. The largest absolute Gasteiger partial charge is 0.381 e. The maximum absolute atomic E-state index is 11.6. The molecule has 0 atom stereocenters. The van der Waals surface area contributed by atoms with Crippen molar-refractivity contribution in [1.29, 1.82) is 0 Å². The molecule has 1 aromatic carbocycles. The summed E-state index contributed by atoms with van der Waals surface area (Å²) in [7, 11) is 0. The average molecular weight is 218 g/mol. The van der Waals surface area contributed by atoms with Crippen molar-refractivity contribution >= 4 is 16.9 Å². The third-order valence-electron chi connectivity index (χ3n) is 2.17. The van der Waals surface area contributed by atoms with Crippen LogP contribution in [0.2, 0.25) is 0 Å². The van der Waals surface area contributed by atoms with Gasteiger partial charge in [0.05, 0.1) is 11.2 Å². The van der Waals surface area contributed by atoms with E-state index < -0.39 is 11.7 Å². The van der Waals surface area contributed by atoms with E-state index in [-0.39, 0.29) is 0 Å². The topological polar surface area (TPSA) is 61.2 Å². The van der Waals surface area contributed by atoms with Crippen LogP contribution >= 0.6 is 0 Å². The molecular formula is C11H10N2O3. The maximum Gasteiger partial charge on any atom is 0.381 e. The summed E-state index contributed by atoms with van der Waals surface area (Å²) in [6.45, 7) is 2.98. The number of carbonyl (C=O) groups excluding carboxylic acids is 1. The Bertz CT molecular complexity index is 616. The van der Waals surface area contributed by atoms with E-state index in [1.807, 2.05) is 12.1 Å². The summed E-state index contributed by atoms with van der Waals surface area (Å²) in [5.74, 6) is -0.557. The van der Waals surface area contributed by atoms with E-state index in [4.69, 9.17) is 4.84 Å². The van der Waals surface area contributed by atoms with Crippen LogP contribution in [0, 0.1) is 6.92 Å². The van der Waals surface area contributed by atoms with Gasteiger partial charge in [-0.2, -0.15) is 4.98 Å². The van der Waals surface area contributed by atoms with Gasteiger partial charge in [-0.1, -0.05) is 18.2 Å². The number of fused-ring (bicyclic) bond motifs is 1. The van der Waals surface area contributed by atoms with Crippen LogP contribution in [0.15, 0.2) is 29.1 Å². The molecular weight excluding hydrogens is 208 g/mol. The van der Waals surface area contributed by atoms with Gasteiger partial charge in [0.25, 0.3) is 0 Å². The fourth-order valence-corrected chi connectivity index (χ4v) is 1.53. The number of hydrogen-bond acceptors (Lipinski definition) is 4. The number of aryl methyl sites for hydroxylation is 1. The van der Waals surface area contributed by atoms with Gasteiger partial charge in [-0.25, -0.2) is 9.59 Å². The molecule has 0 radical (unpaired) electrons. The molecule has 0 aliphatic rings. The van der Waals surface area contributed by atoms with Gasteiger partial charge in [0.2, 0.25) is 0 Å². The lowest BCUT2D eigenvalue weighted by Crippen LogP contribution is -2.32. The van der Waals surface area contributed by atoms with E-state index in [0.717, 1.165) is 10.1 Å². The molecule has 0 fully saturated rings. The summed E-state index contributed by atoms with van der Waals surface area (Å²) in [5, 5.41) is 0.781. The van der Waals surface area contributed by atoms with Crippen LogP contribution < -0.4 is 10.5 Å². The first kappa shape index (κ1) is 10.4. The fourth-order valence-electron chi connectivity index (χ4n) is 1.53. The zero-order chi connectivity index (χ0) is 11.7. The van der Waals surface area contributed by atoms with Crippen molar-refractivity contribution in [3.63, 3.8) is 0 Å². The Morgan fingerprint density at radius 1 is 1.38 bits per heavy atom. The molecule has 5 heteroatoms. The lowest BCUT2D eigenvalue weighted by atomic mass is 10.2. The first-order valence-electron chi connectivity index (χ1n) is 4.77. The molecule has 0 amide bonds. The molecule has 5 nitrogen and oxygen atoms in total. The minimum atomic E-state index is -0.591. The van der Waals surface area contributed by atoms with E-state index in [1.165, 1.54) is 6.92 Å². The third-order valence-corrected chi connectivity index (χ3v) is 2.17. The highest BCUT2D eigenvalue weighted by Crippen LogP contribution is 2.13. The summed E-state index contributed by atoms with van der Waals surface area (Å²) in [4.78, 5) is 31.0. The van der Waals surface area contributed by atoms with Gasteiger partial charge in [-0.05, 0) is 13.0 Å². The van der Waals surface area contributed by atoms with Crippen molar-refractivity contribution in [2.75, 3.05) is 0 Å².